The molecular weight excluding hydrogens is 402 g/mol. The van der Waals surface area contributed by atoms with Crippen LogP contribution in [0.25, 0.3) is 0 Å². The second kappa shape index (κ2) is 8.07. The molecule has 11 heteroatoms. The van der Waals surface area contributed by atoms with Crippen LogP contribution in [-0.2, 0) is 28.4 Å². The van der Waals surface area contributed by atoms with Crippen LogP contribution >= 0.6 is 11.9 Å². The summed E-state index contributed by atoms with van der Waals surface area (Å²) in [5, 5.41) is 1.71. The lowest BCUT2D eigenvalue weighted by atomic mass is 9.99. The summed E-state index contributed by atoms with van der Waals surface area (Å²) in [7, 11) is -2.23. The molecule has 4 amide bonds. The number of likely N-dealkylation sites (tertiary alicyclic amines) is 1. The van der Waals surface area contributed by atoms with Crippen molar-refractivity contribution in [1.82, 2.24) is 14.5 Å². The molecule has 0 saturated carbocycles. The zero-order valence-electron chi connectivity index (χ0n) is 16.6. The Morgan fingerprint density at radius 3 is 2.14 bits per heavy atom. The maximum atomic E-state index is 12.7. The summed E-state index contributed by atoms with van der Waals surface area (Å²) in [6, 6.07) is -2.01. The minimum absolute atomic E-state index is 0.0961. The SMILES string of the molecule is C=C(C)C(C(=O)O[Si](C)(C)C)N1C(=O)C(NC(C)=O)C1SN1C(=O)CCC1=O. The maximum absolute atomic E-state index is 12.7. The highest BCUT2D eigenvalue weighted by Crippen LogP contribution is 2.38. The van der Waals surface area contributed by atoms with E-state index in [0.29, 0.717) is 5.57 Å². The molecule has 2 saturated heterocycles. The summed E-state index contributed by atoms with van der Waals surface area (Å²) in [6.45, 7) is 12.2. The molecule has 0 aromatic carbocycles. The summed E-state index contributed by atoms with van der Waals surface area (Å²) in [4.78, 5) is 62.2. The molecule has 0 radical (unpaired) electrons. The Labute approximate surface area is 169 Å². The maximum Gasteiger partial charge on any atom is 0.319 e. The minimum atomic E-state index is -2.23. The minimum Gasteiger partial charge on any atom is -0.518 e. The number of β-lactam (4-membered cyclic amide) rings is 1. The van der Waals surface area contributed by atoms with E-state index in [0.717, 1.165) is 16.3 Å². The third-order valence-corrected chi connectivity index (χ3v) is 6.18. The van der Waals surface area contributed by atoms with Crippen LogP contribution in [0.2, 0.25) is 19.6 Å². The molecule has 2 rings (SSSR count). The first-order chi connectivity index (χ1) is 12.8. The van der Waals surface area contributed by atoms with E-state index >= 15 is 0 Å². The number of carbonyl (C=O) groups is 5. The number of hydrogen-bond acceptors (Lipinski definition) is 7. The van der Waals surface area contributed by atoms with E-state index in [4.69, 9.17) is 4.43 Å². The third-order valence-electron chi connectivity index (χ3n) is 4.03. The van der Waals surface area contributed by atoms with Gasteiger partial charge in [0.2, 0.25) is 31.9 Å². The second-order valence-electron chi connectivity index (χ2n) is 7.78. The zero-order valence-corrected chi connectivity index (χ0v) is 18.4. The van der Waals surface area contributed by atoms with E-state index in [1.54, 1.807) is 6.92 Å². The first-order valence-corrected chi connectivity index (χ1v) is 13.1. The summed E-state index contributed by atoms with van der Waals surface area (Å²) in [5.41, 5.74) is 0.391. The predicted molar refractivity (Wildman–Crippen MR) is 105 cm³/mol. The summed E-state index contributed by atoms with van der Waals surface area (Å²) < 4.78 is 6.54. The molecule has 9 nitrogen and oxygen atoms in total. The first kappa shape index (κ1) is 22.1. The van der Waals surface area contributed by atoms with Crippen molar-refractivity contribution in [2.75, 3.05) is 0 Å². The molecular formula is C17H25N3O6SSi. The van der Waals surface area contributed by atoms with Crippen LogP contribution in [0.1, 0.15) is 26.7 Å². The van der Waals surface area contributed by atoms with E-state index in [9.17, 15) is 24.0 Å². The molecule has 2 aliphatic heterocycles. The van der Waals surface area contributed by atoms with Crippen LogP contribution in [0, 0.1) is 0 Å². The topological polar surface area (TPSA) is 113 Å². The van der Waals surface area contributed by atoms with Gasteiger partial charge in [-0.05, 0) is 44.1 Å². The number of imide groups is 1. The molecule has 3 unspecified atom stereocenters. The first-order valence-electron chi connectivity index (χ1n) is 8.83. The fourth-order valence-corrected chi connectivity index (χ4v) is 4.90. The van der Waals surface area contributed by atoms with Crippen molar-refractivity contribution in [1.29, 1.82) is 0 Å². The van der Waals surface area contributed by atoms with E-state index in [-0.39, 0.29) is 24.7 Å². The van der Waals surface area contributed by atoms with Crippen molar-refractivity contribution in [3.63, 3.8) is 0 Å². The molecule has 0 aromatic heterocycles. The molecule has 2 heterocycles. The zero-order chi connectivity index (χ0) is 21.4. The Balaban J connectivity index is 2.31. The van der Waals surface area contributed by atoms with Crippen molar-refractivity contribution in [2.45, 2.75) is 63.8 Å². The summed E-state index contributed by atoms with van der Waals surface area (Å²) >= 11 is 0.840. The number of carbonyl (C=O) groups excluding carboxylic acids is 5. The predicted octanol–water partition coefficient (Wildman–Crippen LogP) is 0.779. The van der Waals surface area contributed by atoms with E-state index < -0.39 is 43.6 Å². The van der Waals surface area contributed by atoms with Crippen LogP contribution in [0.15, 0.2) is 12.2 Å². The number of amides is 4. The van der Waals surface area contributed by atoms with Gasteiger partial charge >= 0.3 is 5.97 Å². The average molecular weight is 428 g/mol. The summed E-state index contributed by atoms with van der Waals surface area (Å²) in [5.74, 6) is -2.27. The molecule has 0 aliphatic carbocycles. The number of nitrogens with zero attached hydrogens (tertiary/aromatic N) is 2. The van der Waals surface area contributed by atoms with E-state index in [1.165, 1.54) is 11.8 Å². The molecule has 154 valence electrons. The van der Waals surface area contributed by atoms with Crippen LogP contribution < -0.4 is 5.32 Å². The van der Waals surface area contributed by atoms with Gasteiger partial charge in [0.15, 0.2) is 6.04 Å². The van der Waals surface area contributed by atoms with Crippen LogP contribution in [0.3, 0.4) is 0 Å². The fraction of sp³-hybridized carbons (Fsp3) is 0.588. The van der Waals surface area contributed by atoms with Gasteiger partial charge in [-0.15, -0.1) is 0 Å². The van der Waals surface area contributed by atoms with Gasteiger partial charge < -0.3 is 14.6 Å². The van der Waals surface area contributed by atoms with Crippen molar-refractivity contribution < 1.29 is 28.4 Å². The smallest absolute Gasteiger partial charge is 0.319 e. The molecule has 0 bridgehead atoms. The standard InChI is InChI=1S/C17H25N3O6SSi/c1-9(2)14(17(25)26-28(4,5)6)19-15(24)13(18-10(3)21)16(19)27-20-11(22)7-8-12(20)23/h13-14,16H,1,7-8H2,2-6H3,(H,18,21). The van der Waals surface area contributed by atoms with Crippen molar-refractivity contribution in [3.05, 3.63) is 12.2 Å². The molecule has 0 spiro atoms. The lowest BCUT2D eigenvalue weighted by Gasteiger charge is -2.50. The van der Waals surface area contributed by atoms with Crippen LogP contribution in [0.4, 0.5) is 0 Å². The van der Waals surface area contributed by atoms with Crippen molar-refractivity contribution in [3.8, 4) is 0 Å². The molecule has 0 aromatic rings. The summed E-state index contributed by atoms with van der Waals surface area (Å²) in [6.07, 6.45) is 0.192. The Morgan fingerprint density at radius 1 is 1.18 bits per heavy atom. The largest absolute Gasteiger partial charge is 0.518 e. The van der Waals surface area contributed by atoms with Crippen LogP contribution in [0.5, 0.6) is 0 Å². The monoisotopic (exact) mass is 427 g/mol. The van der Waals surface area contributed by atoms with Crippen molar-refractivity contribution >= 4 is 49.9 Å². The molecule has 2 aliphatic rings. The van der Waals surface area contributed by atoms with E-state index in [1.807, 2.05) is 19.6 Å². The Morgan fingerprint density at radius 2 is 1.71 bits per heavy atom. The molecule has 2 fully saturated rings. The van der Waals surface area contributed by atoms with Gasteiger partial charge in [0.25, 0.3) is 0 Å². The Hall–Kier alpha value is -2.14. The number of hydrogen-bond donors (Lipinski definition) is 1. The quantitative estimate of drug-likeness (QED) is 0.210. The highest BCUT2D eigenvalue weighted by Gasteiger charge is 2.56. The van der Waals surface area contributed by atoms with Crippen molar-refractivity contribution in [2.24, 2.45) is 0 Å². The highest BCUT2D eigenvalue weighted by molar-refractivity contribution is 7.98. The third kappa shape index (κ3) is 4.63. The average Bonchev–Trinajstić information content (AvgIpc) is 2.85. The fourth-order valence-electron chi connectivity index (χ4n) is 2.92. The second-order valence-corrected chi connectivity index (χ2v) is 13.3. The Bertz CT molecular complexity index is 734. The van der Waals surface area contributed by atoms with Gasteiger partial charge in [0.1, 0.15) is 11.4 Å². The number of nitrogens with one attached hydrogen (secondary N) is 1. The lowest BCUT2D eigenvalue weighted by molar-refractivity contribution is -0.159. The molecule has 28 heavy (non-hydrogen) atoms. The van der Waals surface area contributed by atoms with Crippen LogP contribution in [-0.4, -0.2) is 64.6 Å². The van der Waals surface area contributed by atoms with Gasteiger partial charge in [-0.1, -0.05) is 6.58 Å². The normalized spacial score (nSPS) is 23.4. The van der Waals surface area contributed by atoms with Gasteiger partial charge in [0.05, 0.1) is 0 Å². The molecule has 1 N–H and O–H groups in total. The highest BCUT2D eigenvalue weighted by atomic mass is 32.2. The molecule has 3 atom stereocenters. The lowest BCUT2D eigenvalue weighted by Crippen LogP contribution is -2.73. The van der Waals surface area contributed by atoms with Gasteiger partial charge in [-0.2, -0.15) is 0 Å². The number of rotatable bonds is 7. The van der Waals surface area contributed by atoms with Gasteiger partial charge in [0, 0.05) is 19.8 Å². The van der Waals surface area contributed by atoms with Gasteiger partial charge in [-0.3, -0.25) is 24.0 Å². The Kier molecular flexibility index (Phi) is 6.39. The van der Waals surface area contributed by atoms with E-state index in [2.05, 4.69) is 11.9 Å². The van der Waals surface area contributed by atoms with Gasteiger partial charge in [-0.25, -0.2) is 4.31 Å².